The Balaban J connectivity index is 1.31. The molecular formula is C22H29N5O3. The molecular weight excluding hydrogens is 382 g/mol. The van der Waals surface area contributed by atoms with Crippen LogP contribution in [0.5, 0.6) is 0 Å². The minimum atomic E-state index is -0.373. The Kier molecular flexibility index (Phi) is 5.36. The number of rotatable bonds is 5. The van der Waals surface area contributed by atoms with Crippen molar-refractivity contribution >= 4 is 17.6 Å². The maximum Gasteiger partial charge on any atom is 0.239 e. The molecule has 0 radical (unpaired) electrons. The van der Waals surface area contributed by atoms with Crippen molar-refractivity contribution in [2.24, 2.45) is 5.41 Å². The standard InChI is InChI=1S/C22H29N5O3/c1-21(2,3)17-12-18(25-30-17)24-19(28)14-26-10-7-22(15-26)8-11-27(20(22)29)13-16-6-4-5-9-23-16/h4-6,9,12H,7-8,10-11,13-15H2,1-3H3,(H,24,25,28). The molecule has 2 aliphatic heterocycles. The summed E-state index contributed by atoms with van der Waals surface area (Å²) in [4.78, 5) is 33.9. The Morgan fingerprint density at radius 3 is 2.77 bits per heavy atom. The van der Waals surface area contributed by atoms with Gasteiger partial charge in [-0.05, 0) is 31.5 Å². The predicted octanol–water partition coefficient (Wildman–Crippen LogP) is 2.43. The summed E-state index contributed by atoms with van der Waals surface area (Å²) in [6, 6.07) is 7.52. The second kappa shape index (κ2) is 7.83. The molecule has 2 fully saturated rings. The number of anilines is 1. The van der Waals surface area contributed by atoms with E-state index in [9.17, 15) is 9.59 Å². The topological polar surface area (TPSA) is 91.6 Å². The minimum Gasteiger partial charge on any atom is -0.359 e. The lowest BCUT2D eigenvalue weighted by Crippen LogP contribution is -2.38. The van der Waals surface area contributed by atoms with Gasteiger partial charge in [-0.3, -0.25) is 19.5 Å². The average Bonchev–Trinajstić information content (AvgIpc) is 3.39. The van der Waals surface area contributed by atoms with Crippen LogP contribution in [0, 0.1) is 5.41 Å². The molecule has 0 aliphatic carbocycles. The number of nitrogens with zero attached hydrogens (tertiary/aromatic N) is 4. The van der Waals surface area contributed by atoms with Gasteiger partial charge in [0.15, 0.2) is 5.82 Å². The summed E-state index contributed by atoms with van der Waals surface area (Å²) in [5.74, 6) is 1.19. The van der Waals surface area contributed by atoms with Crippen molar-refractivity contribution in [3.8, 4) is 0 Å². The highest BCUT2D eigenvalue weighted by atomic mass is 16.5. The van der Waals surface area contributed by atoms with Gasteiger partial charge in [-0.1, -0.05) is 32.0 Å². The summed E-state index contributed by atoms with van der Waals surface area (Å²) in [5, 5.41) is 6.74. The van der Waals surface area contributed by atoms with Crippen LogP contribution in [-0.4, -0.2) is 57.9 Å². The number of pyridine rings is 1. The molecule has 160 valence electrons. The fourth-order valence-corrected chi connectivity index (χ4v) is 4.28. The van der Waals surface area contributed by atoms with Gasteiger partial charge in [0.2, 0.25) is 11.8 Å². The first kappa shape index (κ1) is 20.5. The van der Waals surface area contributed by atoms with Crippen LogP contribution in [0.15, 0.2) is 35.0 Å². The molecule has 4 heterocycles. The van der Waals surface area contributed by atoms with E-state index < -0.39 is 0 Å². The predicted molar refractivity (Wildman–Crippen MR) is 112 cm³/mol. The third-order valence-electron chi connectivity index (χ3n) is 6.00. The zero-order valence-corrected chi connectivity index (χ0v) is 17.9. The highest BCUT2D eigenvalue weighted by Crippen LogP contribution is 2.41. The van der Waals surface area contributed by atoms with Crippen molar-refractivity contribution in [1.29, 1.82) is 0 Å². The van der Waals surface area contributed by atoms with Gasteiger partial charge in [0, 0.05) is 30.8 Å². The summed E-state index contributed by atoms with van der Waals surface area (Å²) in [6.45, 7) is 8.96. The fourth-order valence-electron chi connectivity index (χ4n) is 4.28. The molecule has 1 spiro atoms. The van der Waals surface area contributed by atoms with Crippen LogP contribution in [0.3, 0.4) is 0 Å². The number of hydrogen-bond donors (Lipinski definition) is 1. The van der Waals surface area contributed by atoms with E-state index in [2.05, 4.69) is 20.4 Å². The monoisotopic (exact) mass is 411 g/mol. The molecule has 1 atom stereocenters. The van der Waals surface area contributed by atoms with Crippen LogP contribution in [0.1, 0.15) is 45.1 Å². The normalized spacial score (nSPS) is 22.2. The summed E-state index contributed by atoms with van der Waals surface area (Å²) in [7, 11) is 0. The summed E-state index contributed by atoms with van der Waals surface area (Å²) >= 11 is 0. The first-order chi connectivity index (χ1) is 14.2. The van der Waals surface area contributed by atoms with Crippen molar-refractivity contribution in [3.63, 3.8) is 0 Å². The lowest BCUT2D eigenvalue weighted by atomic mass is 9.85. The second-order valence-electron chi connectivity index (χ2n) is 9.41. The zero-order chi connectivity index (χ0) is 21.4. The van der Waals surface area contributed by atoms with Gasteiger partial charge in [0.25, 0.3) is 0 Å². The fraction of sp³-hybridized carbons (Fsp3) is 0.545. The number of carbonyl (C=O) groups excluding carboxylic acids is 2. The van der Waals surface area contributed by atoms with Crippen LogP contribution in [-0.2, 0) is 21.5 Å². The van der Waals surface area contributed by atoms with Gasteiger partial charge < -0.3 is 14.7 Å². The van der Waals surface area contributed by atoms with Gasteiger partial charge in [0.1, 0.15) is 5.76 Å². The molecule has 2 saturated heterocycles. The van der Waals surface area contributed by atoms with E-state index in [1.54, 1.807) is 12.3 Å². The Hall–Kier alpha value is -2.74. The molecule has 8 nitrogen and oxygen atoms in total. The molecule has 0 bridgehead atoms. The second-order valence-corrected chi connectivity index (χ2v) is 9.41. The van der Waals surface area contributed by atoms with Gasteiger partial charge >= 0.3 is 0 Å². The van der Waals surface area contributed by atoms with E-state index in [0.29, 0.717) is 18.9 Å². The molecule has 2 aromatic rings. The van der Waals surface area contributed by atoms with Crippen LogP contribution < -0.4 is 5.32 Å². The Morgan fingerprint density at radius 1 is 1.27 bits per heavy atom. The van der Waals surface area contributed by atoms with Crippen LogP contribution >= 0.6 is 0 Å². The smallest absolute Gasteiger partial charge is 0.239 e. The van der Waals surface area contributed by atoms with Crippen molar-refractivity contribution in [2.75, 3.05) is 31.5 Å². The van der Waals surface area contributed by atoms with E-state index in [0.717, 1.165) is 37.4 Å². The Labute approximate surface area is 176 Å². The van der Waals surface area contributed by atoms with Crippen molar-refractivity contribution in [1.82, 2.24) is 19.9 Å². The molecule has 0 aromatic carbocycles. The average molecular weight is 412 g/mol. The number of aromatic nitrogens is 2. The number of nitrogens with one attached hydrogen (secondary N) is 1. The first-order valence-corrected chi connectivity index (χ1v) is 10.4. The molecule has 0 saturated carbocycles. The number of likely N-dealkylation sites (tertiary alicyclic amines) is 2. The summed E-state index contributed by atoms with van der Waals surface area (Å²) in [6.07, 6.45) is 3.37. The zero-order valence-electron chi connectivity index (χ0n) is 17.9. The third-order valence-corrected chi connectivity index (χ3v) is 6.00. The van der Waals surface area contributed by atoms with Crippen LogP contribution in [0.25, 0.3) is 0 Å². The van der Waals surface area contributed by atoms with Crippen LogP contribution in [0.2, 0.25) is 0 Å². The molecule has 2 aliphatic rings. The lowest BCUT2D eigenvalue weighted by molar-refractivity contribution is -0.136. The molecule has 4 rings (SSSR count). The van der Waals surface area contributed by atoms with Crippen molar-refractivity contribution < 1.29 is 14.1 Å². The highest BCUT2D eigenvalue weighted by molar-refractivity contribution is 5.91. The van der Waals surface area contributed by atoms with Crippen LogP contribution in [0.4, 0.5) is 5.82 Å². The number of hydrogen-bond acceptors (Lipinski definition) is 6. The first-order valence-electron chi connectivity index (χ1n) is 10.4. The molecule has 1 N–H and O–H groups in total. The molecule has 2 aromatic heterocycles. The van der Waals surface area contributed by atoms with E-state index in [-0.39, 0.29) is 29.2 Å². The molecule has 30 heavy (non-hydrogen) atoms. The lowest BCUT2D eigenvalue weighted by Gasteiger charge is -2.23. The quantitative estimate of drug-likeness (QED) is 0.813. The molecule has 1 unspecified atom stereocenters. The summed E-state index contributed by atoms with van der Waals surface area (Å²) in [5.41, 5.74) is 0.364. The van der Waals surface area contributed by atoms with E-state index in [1.165, 1.54) is 0 Å². The van der Waals surface area contributed by atoms with Gasteiger partial charge in [-0.25, -0.2) is 0 Å². The van der Waals surface area contributed by atoms with Crippen molar-refractivity contribution in [2.45, 2.75) is 45.6 Å². The van der Waals surface area contributed by atoms with E-state index >= 15 is 0 Å². The van der Waals surface area contributed by atoms with Crippen molar-refractivity contribution in [3.05, 3.63) is 41.9 Å². The van der Waals surface area contributed by atoms with Gasteiger partial charge in [0.05, 0.1) is 24.2 Å². The summed E-state index contributed by atoms with van der Waals surface area (Å²) < 4.78 is 5.32. The maximum atomic E-state index is 13.1. The largest absolute Gasteiger partial charge is 0.359 e. The Bertz CT molecular complexity index is 920. The minimum absolute atomic E-state index is 0.142. The van der Waals surface area contributed by atoms with Gasteiger partial charge in [-0.15, -0.1) is 0 Å². The number of amides is 2. The van der Waals surface area contributed by atoms with Gasteiger partial charge in [-0.2, -0.15) is 0 Å². The third kappa shape index (κ3) is 4.23. The van der Waals surface area contributed by atoms with E-state index in [4.69, 9.17) is 4.52 Å². The molecule has 2 amide bonds. The van der Waals surface area contributed by atoms with E-state index in [1.807, 2.05) is 43.9 Å². The maximum absolute atomic E-state index is 13.1. The SMILES string of the molecule is CC(C)(C)c1cc(NC(=O)CN2CCC3(CCN(Cc4ccccn4)C3=O)C2)no1. The Morgan fingerprint density at radius 2 is 2.07 bits per heavy atom. The molecule has 8 heteroatoms. The highest BCUT2D eigenvalue weighted by Gasteiger charge is 2.50. The number of carbonyl (C=O) groups is 2.